The minimum Gasteiger partial charge on any atom is -0.352 e. The normalized spacial score (nSPS) is 16.1. The molecule has 1 fully saturated rings. The average Bonchev–Trinajstić information content (AvgIpc) is 2.75. The summed E-state index contributed by atoms with van der Waals surface area (Å²) < 4.78 is 1.34. The summed E-state index contributed by atoms with van der Waals surface area (Å²) in [5.74, 6) is -0.600. The lowest BCUT2D eigenvalue weighted by Gasteiger charge is -2.24. The maximum absolute atomic E-state index is 13.2. The number of fused-ring (bicyclic) bond motifs is 1. The molecule has 1 aliphatic heterocycles. The Kier molecular flexibility index (Phi) is 6.05. The Morgan fingerprint density at radius 1 is 1.16 bits per heavy atom. The van der Waals surface area contributed by atoms with Crippen LogP contribution in [0.5, 0.6) is 0 Å². The summed E-state index contributed by atoms with van der Waals surface area (Å²) in [6.07, 6.45) is 0.632. The van der Waals surface area contributed by atoms with Crippen molar-refractivity contribution in [3.8, 4) is 0 Å². The van der Waals surface area contributed by atoms with Crippen LogP contribution in [-0.2, 0) is 27.3 Å². The Hall–Kier alpha value is -3.52. The monoisotopic (exact) mass is 452 g/mol. The lowest BCUT2D eigenvalue weighted by atomic mass is 10.0. The zero-order valence-electron chi connectivity index (χ0n) is 17.4. The van der Waals surface area contributed by atoms with Crippen LogP contribution in [0.2, 0.25) is 5.02 Å². The van der Waals surface area contributed by atoms with Gasteiger partial charge in [0, 0.05) is 18.0 Å². The first-order valence-electron chi connectivity index (χ1n) is 10.2. The number of amides is 3. The Labute approximate surface area is 188 Å². The van der Waals surface area contributed by atoms with Gasteiger partial charge in [-0.15, -0.1) is 0 Å². The fourth-order valence-corrected chi connectivity index (χ4v) is 3.94. The van der Waals surface area contributed by atoms with E-state index in [4.69, 9.17) is 11.6 Å². The van der Waals surface area contributed by atoms with Crippen LogP contribution in [0.1, 0.15) is 35.8 Å². The number of nitrogens with zero attached hydrogens (tertiary/aromatic N) is 2. The van der Waals surface area contributed by atoms with E-state index in [0.29, 0.717) is 21.7 Å². The molecule has 32 heavy (non-hydrogen) atoms. The molecule has 2 aromatic carbocycles. The van der Waals surface area contributed by atoms with E-state index < -0.39 is 11.9 Å². The average molecular weight is 453 g/mol. The topological polar surface area (TPSA) is 110 Å². The number of imide groups is 1. The number of nitrogens with one attached hydrogen (secondary N) is 2. The molecule has 0 saturated carbocycles. The lowest BCUT2D eigenvalue weighted by Crippen LogP contribution is -2.45. The highest BCUT2D eigenvalue weighted by Gasteiger charge is 2.30. The second-order valence-electron chi connectivity index (χ2n) is 7.73. The highest BCUT2D eigenvalue weighted by atomic mass is 35.5. The third kappa shape index (κ3) is 4.55. The van der Waals surface area contributed by atoms with Gasteiger partial charge in [-0.3, -0.25) is 29.1 Å². The van der Waals surface area contributed by atoms with Crippen molar-refractivity contribution >= 4 is 40.2 Å². The molecule has 1 atom stereocenters. The molecule has 9 heteroatoms. The highest BCUT2D eigenvalue weighted by molar-refractivity contribution is 6.30. The molecule has 4 rings (SSSR count). The van der Waals surface area contributed by atoms with E-state index in [1.165, 1.54) is 4.57 Å². The molecule has 1 aliphatic rings. The van der Waals surface area contributed by atoms with Crippen LogP contribution in [0.3, 0.4) is 0 Å². The highest BCUT2D eigenvalue weighted by Crippen LogP contribution is 2.20. The van der Waals surface area contributed by atoms with Crippen molar-refractivity contribution in [3.05, 3.63) is 74.8 Å². The van der Waals surface area contributed by atoms with Crippen LogP contribution in [0.25, 0.3) is 10.9 Å². The first-order chi connectivity index (χ1) is 15.3. The van der Waals surface area contributed by atoms with Gasteiger partial charge < -0.3 is 5.32 Å². The molecule has 1 aromatic heterocycles. The van der Waals surface area contributed by atoms with Crippen molar-refractivity contribution in [2.45, 2.75) is 38.8 Å². The third-order valence-corrected chi connectivity index (χ3v) is 5.68. The van der Waals surface area contributed by atoms with Crippen LogP contribution in [0.15, 0.2) is 47.3 Å². The molecule has 2 N–H and O–H groups in total. The van der Waals surface area contributed by atoms with E-state index in [1.54, 1.807) is 49.4 Å². The van der Waals surface area contributed by atoms with Crippen molar-refractivity contribution in [2.75, 3.05) is 0 Å². The fourth-order valence-electron chi connectivity index (χ4n) is 3.81. The van der Waals surface area contributed by atoms with E-state index in [-0.39, 0.29) is 43.2 Å². The second-order valence-corrected chi connectivity index (χ2v) is 8.17. The molecule has 0 unspecified atom stereocenters. The molecule has 1 saturated heterocycles. The molecule has 0 radical (unpaired) electrons. The largest absolute Gasteiger partial charge is 0.352 e. The Bertz CT molecular complexity index is 1280. The number of halogens is 1. The van der Waals surface area contributed by atoms with Crippen LogP contribution in [0.4, 0.5) is 0 Å². The predicted octanol–water partition coefficient (Wildman–Crippen LogP) is 2.19. The maximum Gasteiger partial charge on any atom is 0.262 e. The SMILES string of the molecule is Cc1nc2ccc(CNC(=O)Cc3ccc(Cl)cc3)cc2c(=O)n1[C@H]1CCC(=O)NC1=O. The van der Waals surface area contributed by atoms with Gasteiger partial charge in [-0.05, 0) is 48.7 Å². The standard InChI is InChI=1S/C23H21ClN4O4/c1-13-26-18-7-4-15(12-25-21(30)11-14-2-5-16(24)6-3-14)10-17(18)23(32)28(13)19-8-9-20(29)27-22(19)31/h2-7,10,19H,8-9,11-12H2,1H3,(H,25,30)(H,27,29,31)/t19-/m0/s1. The van der Waals surface area contributed by atoms with E-state index in [2.05, 4.69) is 15.6 Å². The number of rotatable bonds is 5. The molecule has 164 valence electrons. The van der Waals surface area contributed by atoms with Crippen LogP contribution >= 0.6 is 11.6 Å². The van der Waals surface area contributed by atoms with Gasteiger partial charge in [-0.1, -0.05) is 29.8 Å². The van der Waals surface area contributed by atoms with Crippen molar-refractivity contribution in [3.63, 3.8) is 0 Å². The number of aryl methyl sites for hydroxylation is 1. The number of aromatic nitrogens is 2. The van der Waals surface area contributed by atoms with Crippen LogP contribution in [-0.4, -0.2) is 27.3 Å². The Morgan fingerprint density at radius 3 is 2.59 bits per heavy atom. The van der Waals surface area contributed by atoms with Gasteiger partial charge >= 0.3 is 0 Å². The number of piperidine rings is 1. The van der Waals surface area contributed by atoms with Gasteiger partial charge in [0.2, 0.25) is 17.7 Å². The van der Waals surface area contributed by atoms with Crippen molar-refractivity contribution < 1.29 is 14.4 Å². The van der Waals surface area contributed by atoms with Crippen molar-refractivity contribution in [1.29, 1.82) is 0 Å². The van der Waals surface area contributed by atoms with Gasteiger partial charge in [0.05, 0.1) is 17.3 Å². The summed E-state index contributed by atoms with van der Waals surface area (Å²) in [6.45, 7) is 1.91. The predicted molar refractivity (Wildman–Crippen MR) is 119 cm³/mol. The maximum atomic E-state index is 13.2. The summed E-state index contributed by atoms with van der Waals surface area (Å²) in [5.41, 5.74) is 1.74. The van der Waals surface area contributed by atoms with Gasteiger partial charge in [0.25, 0.3) is 5.56 Å². The number of carbonyl (C=O) groups is 3. The summed E-state index contributed by atoms with van der Waals surface area (Å²) in [6, 6.07) is 11.5. The van der Waals surface area contributed by atoms with E-state index in [9.17, 15) is 19.2 Å². The Morgan fingerprint density at radius 2 is 1.88 bits per heavy atom. The first kappa shape index (κ1) is 21.7. The third-order valence-electron chi connectivity index (χ3n) is 5.43. The summed E-state index contributed by atoms with van der Waals surface area (Å²) in [4.78, 5) is 53.7. The van der Waals surface area contributed by atoms with Crippen LogP contribution < -0.4 is 16.2 Å². The number of hydrogen-bond donors (Lipinski definition) is 2. The molecular formula is C23H21ClN4O4. The minimum atomic E-state index is -0.778. The second kappa shape index (κ2) is 8.92. The molecule has 2 heterocycles. The zero-order valence-corrected chi connectivity index (χ0v) is 18.1. The summed E-state index contributed by atoms with van der Waals surface area (Å²) in [5, 5.41) is 6.08. The van der Waals surface area contributed by atoms with Gasteiger partial charge in [0.1, 0.15) is 11.9 Å². The molecular weight excluding hydrogens is 432 g/mol. The van der Waals surface area contributed by atoms with Gasteiger partial charge in [-0.25, -0.2) is 4.98 Å². The number of benzene rings is 2. The first-order valence-corrected chi connectivity index (χ1v) is 10.6. The summed E-state index contributed by atoms with van der Waals surface area (Å²) in [7, 11) is 0. The zero-order chi connectivity index (χ0) is 22.8. The van der Waals surface area contributed by atoms with Gasteiger partial charge in [-0.2, -0.15) is 0 Å². The van der Waals surface area contributed by atoms with E-state index >= 15 is 0 Å². The van der Waals surface area contributed by atoms with Gasteiger partial charge in [0.15, 0.2) is 0 Å². The smallest absolute Gasteiger partial charge is 0.262 e. The molecule has 0 aliphatic carbocycles. The Balaban J connectivity index is 1.54. The minimum absolute atomic E-state index is 0.157. The molecule has 3 amide bonds. The summed E-state index contributed by atoms with van der Waals surface area (Å²) >= 11 is 5.86. The molecule has 0 bridgehead atoms. The lowest BCUT2D eigenvalue weighted by molar-refractivity contribution is -0.135. The van der Waals surface area contributed by atoms with E-state index in [1.807, 2.05) is 0 Å². The molecule has 3 aromatic rings. The quantitative estimate of drug-likeness (QED) is 0.576. The number of hydrogen-bond acceptors (Lipinski definition) is 5. The number of carbonyl (C=O) groups excluding carboxylic acids is 3. The van der Waals surface area contributed by atoms with Crippen molar-refractivity contribution in [1.82, 2.24) is 20.2 Å². The van der Waals surface area contributed by atoms with Crippen molar-refractivity contribution in [2.24, 2.45) is 0 Å². The fraction of sp³-hybridized carbons (Fsp3) is 0.261. The van der Waals surface area contributed by atoms with Crippen LogP contribution in [0, 0.1) is 6.92 Å². The van der Waals surface area contributed by atoms with E-state index in [0.717, 1.165) is 11.1 Å². The molecule has 8 nitrogen and oxygen atoms in total. The molecule has 0 spiro atoms.